The van der Waals surface area contributed by atoms with Gasteiger partial charge in [-0.15, -0.1) is 0 Å². The Morgan fingerprint density at radius 2 is 2.12 bits per heavy atom. The van der Waals surface area contributed by atoms with Crippen molar-refractivity contribution in [2.24, 2.45) is 12.0 Å². The molecule has 0 spiro atoms. The number of nitrogens with one attached hydrogen (secondary N) is 1. The first-order valence-corrected chi connectivity index (χ1v) is 12.5. The van der Waals surface area contributed by atoms with Crippen LogP contribution in [0.4, 0.5) is 10.1 Å². The van der Waals surface area contributed by atoms with Crippen LogP contribution < -0.4 is 9.62 Å². The van der Waals surface area contributed by atoms with Gasteiger partial charge < -0.3 is 4.90 Å². The second-order valence-electron chi connectivity index (χ2n) is 9.49. The minimum Gasteiger partial charge on any atom is -0.306 e. The second kappa shape index (κ2) is 6.86. The van der Waals surface area contributed by atoms with Gasteiger partial charge in [0, 0.05) is 24.3 Å². The Morgan fingerprint density at radius 1 is 1.33 bits per heavy atom. The standard InChI is InChI=1S/C22H25FN6O3S/c1-22(6-7-22)26-33(31,32)19-8-14-18(9-15(19)23)29-17-5-3-4-16(17)25-21(29)28(20(14)30)12-13-10-24-27(2)11-13/h8-11,16-17,26H,3-7,12H2,1-2H3/t16-,17+/m0/s1/i12D2. The van der Waals surface area contributed by atoms with Crippen molar-refractivity contribution in [1.82, 2.24) is 19.4 Å². The number of anilines is 1. The van der Waals surface area contributed by atoms with Crippen molar-refractivity contribution in [2.75, 3.05) is 4.90 Å². The number of amides is 1. The van der Waals surface area contributed by atoms with Gasteiger partial charge in [-0.2, -0.15) is 5.10 Å². The van der Waals surface area contributed by atoms with E-state index in [0.29, 0.717) is 12.8 Å². The minimum atomic E-state index is -4.24. The molecule has 0 unspecified atom stereocenters. The van der Waals surface area contributed by atoms with Crippen LogP contribution in [0.2, 0.25) is 0 Å². The number of aromatic nitrogens is 2. The van der Waals surface area contributed by atoms with Crippen LogP contribution in [0.15, 0.2) is 34.4 Å². The Balaban J connectivity index is 1.52. The van der Waals surface area contributed by atoms with Crippen LogP contribution in [-0.2, 0) is 23.6 Å². The third-order valence-electron chi connectivity index (χ3n) is 6.83. The van der Waals surface area contributed by atoms with E-state index in [4.69, 9.17) is 2.74 Å². The van der Waals surface area contributed by atoms with Gasteiger partial charge in [0.1, 0.15) is 10.7 Å². The molecule has 1 amide bonds. The summed E-state index contributed by atoms with van der Waals surface area (Å²) in [5.41, 5.74) is -0.335. The van der Waals surface area contributed by atoms with Crippen molar-refractivity contribution in [1.29, 1.82) is 0 Å². The van der Waals surface area contributed by atoms with Gasteiger partial charge in [0.05, 0.1) is 38.8 Å². The summed E-state index contributed by atoms with van der Waals surface area (Å²) in [5.74, 6) is -1.62. The number of hydrogen-bond acceptors (Lipinski definition) is 6. The molecule has 33 heavy (non-hydrogen) atoms. The van der Waals surface area contributed by atoms with Gasteiger partial charge in [-0.05, 0) is 51.2 Å². The maximum atomic E-state index is 15.3. The molecule has 2 fully saturated rings. The van der Waals surface area contributed by atoms with Crippen molar-refractivity contribution in [3.05, 3.63) is 41.5 Å². The normalized spacial score (nSPS) is 26.4. The van der Waals surface area contributed by atoms with Gasteiger partial charge in [0.25, 0.3) is 5.91 Å². The third kappa shape index (κ3) is 3.28. The number of aryl methyl sites for hydroxylation is 1. The van der Waals surface area contributed by atoms with Gasteiger partial charge in [0.15, 0.2) is 0 Å². The number of halogens is 1. The zero-order valence-corrected chi connectivity index (χ0v) is 19.1. The fraction of sp³-hybridized carbons (Fsp3) is 0.500. The Bertz CT molecular complexity index is 1400. The predicted molar refractivity (Wildman–Crippen MR) is 119 cm³/mol. The first kappa shape index (κ1) is 18.6. The lowest BCUT2D eigenvalue weighted by Crippen LogP contribution is -2.52. The lowest BCUT2D eigenvalue weighted by Gasteiger charge is -2.38. The SMILES string of the molecule is [2H]C([2H])(c1cnn(C)c1)N1C(=O)c2cc(S(=O)(=O)NC3(C)CC3)c(F)cc2N2C1=N[C@H]1CCC[C@H]12. The molecule has 174 valence electrons. The fourth-order valence-corrected chi connectivity index (χ4v) is 6.44. The molecule has 2 aromatic rings. The molecule has 1 aromatic carbocycles. The number of carbonyl (C=O) groups excluding carboxylic acids is 1. The molecular weight excluding hydrogens is 447 g/mol. The van der Waals surface area contributed by atoms with Crippen LogP contribution in [-0.4, -0.2) is 52.6 Å². The van der Waals surface area contributed by atoms with Crippen LogP contribution in [0.25, 0.3) is 0 Å². The first-order valence-electron chi connectivity index (χ1n) is 12.0. The summed E-state index contributed by atoms with van der Waals surface area (Å²) in [7, 11) is -2.59. The molecule has 0 bridgehead atoms. The van der Waals surface area contributed by atoms with E-state index < -0.39 is 38.7 Å². The molecule has 11 heteroatoms. The molecule has 2 aliphatic heterocycles. The Hall–Kier alpha value is -2.79. The maximum absolute atomic E-state index is 15.3. The average molecular weight is 475 g/mol. The molecule has 1 N–H and O–H groups in total. The van der Waals surface area contributed by atoms with Gasteiger partial charge >= 0.3 is 0 Å². The number of hydrogen-bond donors (Lipinski definition) is 1. The van der Waals surface area contributed by atoms with Gasteiger partial charge in [0.2, 0.25) is 16.0 Å². The summed E-state index contributed by atoms with van der Waals surface area (Å²) in [6.45, 7) is -0.588. The quantitative estimate of drug-likeness (QED) is 0.716. The Kier molecular flexibility index (Phi) is 3.87. The molecule has 0 radical (unpaired) electrons. The lowest BCUT2D eigenvalue weighted by atomic mass is 10.0. The molecule has 3 heterocycles. The Labute approximate surface area is 194 Å². The van der Waals surface area contributed by atoms with Crippen molar-refractivity contribution in [3.8, 4) is 0 Å². The highest BCUT2D eigenvalue weighted by molar-refractivity contribution is 7.89. The Morgan fingerprint density at radius 3 is 2.82 bits per heavy atom. The van der Waals surface area contributed by atoms with Crippen LogP contribution in [0.1, 0.15) is 57.7 Å². The summed E-state index contributed by atoms with van der Waals surface area (Å²) in [6.07, 6.45) is 6.53. The number of guanidine groups is 1. The van der Waals surface area contributed by atoms with Crippen molar-refractivity contribution in [2.45, 2.75) is 68.0 Å². The van der Waals surface area contributed by atoms with Crippen LogP contribution in [0, 0.1) is 5.82 Å². The number of carbonyl (C=O) groups is 1. The number of rotatable bonds is 5. The van der Waals surface area contributed by atoms with E-state index in [0.717, 1.165) is 36.3 Å². The molecule has 6 rings (SSSR count). The zero-order chi connectivity index (χ0) is 24.9. The molecule has 0 saturated heterocycles. The number of sulfonamides is 1. The number of aliphatic imine (C=N–C) groups is 1. The molecule has 1 aromatic heterocycles. The number of benzene rings is 1. The molecule has 9 nitrogen and oxygen atoms in total. The highest BCUT2D eigenvalue weighted by atomic mass is 32.2. The van der Waals surface area contributed by atoms with Crippen molar-refractivity contribution >= 4 is 27.6 Å². The maximum Gasteiger partial charge on any atom is 0.263 e. The smallest absolute Gasteiger partial charge is 0.263 e. The molecular formula is C22H25FN6O3S. The van der Waals surface area contributed by atoms with Crippen LogP contribution in [0.5, 0.6) is 0 Å². The van der Waals surface area contributed by atoms with E-state index >= 15 is 4.39 Å². The first-order chi connectivity index (χ1) is 16.4. The van der Waals surface area contributed by atoms with Crippen LogP contribution >= 0.6 is 0 Å². The monoisotopic (exact) mass is 474 g/mol. The summed E-state index contributed by atoms with van der Waals surface area (Å²) in [6, 6.07) is 1.80. The van der Waals surface area contributed by atoms with E-state index in [2.05, 4.69) is 14.8 Å². The highest BCUT2D eigenvalue weighted by Gasteiger charge is 2.49. The van der Waals surface area contributed by atoms with Gasteiger partial charge in [-0.25, -0.2) is 22.5 Å². The number of nitrogens with zero attached hydrogens (tertiary/aromatic N) is 5. The van der Waals surface area contributed by atoms with Gasteiger partial charge in [-0.3, -0.25) is 14.4 Å². The van der Waals surface area contributed by atoms with Crippen molar-refractivity contribution in [3.63, 3.8) is 0 Å². The number of fused-ring (bicyclic) bond motifs is 5. The summed E-state index contributed by atoms with van der Waals surface area (Å²) in [4.78, 5) is 20.5. The molecule has 4 aliphatic rings. The van der Waals surface area contributed by atoms with E-state index in [-0.39, 0.29) is 34.9 Å². The summed E-state index contributed by atoms with van der Waals surface area (Å²) < 4.78 is 63.0. The molecule has 2 atom stereocenters. The third-order valence-corrected chi connectivity index (χ3v) is 8.49. The van der Waals surface area contributed by atoms with E-state index in [1.165, 1.54) is 17.1 Å². The predicted octanol–water partition coefficient (Wildman–Crippen LogP) is 2.14. The topological polar surface area (TPSA) is 99.9 Å². The largest absolute Gasteiger partial charge is 0.306 e. The van der Waals surface area contributed by atoms with Crippen molar-refractivity contribution < 1.29 is 20.3 Å². The van der Waals surface area contributed by atoms with E-state index in [1.807, 2.05) is 0 Å². The minimum absolute atomic E-state index is 0.0769. The van der Waals surface area contributed by atoms with Crippen LogP contribution in [0.3, 0.4) is 0 Å². The summed E-state index contributed by atoms with van der Waals surface area (Å²) in [5, 5.41) is 4.04. The summed E-state index contributed by atoms with van der Waals surface area (Å²) >= 11 is 0. The average Bonchev–Trinajstić information content (AvgIpc) is 3.14. The zero-order valence-electron chi connectivity index (χ0n) is 20.2. The highest BCUT2D eigenvalue weighted by Crippen LogP contribution is 2.43. The van der Waals surface area contributed by atoms with E-state index in [9.17, 15) is 13.2 Å². The lowest BCUT2D eigenvalue weighted by molar-refractivity contribution is 0.0832. The van der Waals surface area contributed by atoms with Gasteiger partial charge in [-0.1, -0.05) is 0 Å². The molecule has 2 saturated carbocycles. The molecule has 2 aliphatic carbocycles. The fourth-order valence-electron chi connectivity index (χ4n) is 4.89. The second-order valence-corrected chi connectivity index (χ2v) is 11.1. The van der Waals surface area contributed by atoms with E-state index in [1.54, 1.807) is 18.9 Å².